The maximum absolute atomic E-state index is 14.8. The highest BCUT2D eigenvalue weighted by Gasteiger charge is 2.49. The van der Waals surface area contributed by atoms with Crippen molar-refractivity contribution in [1.29, 1.82) is 0 Å². The molecule has 0 saturated carbocycles. The van der Waals surface area contributed by atoms with Gasteiger partial charge in [0.2, 0.25) is 47.3 Å². The number of nitrogens with one attached hydrogen (secondary N) is 9. The summed E-state index contributed by atoms with van der Waals surface area (Å²) in [4.78, 5) is 108. The topological polar surface area (TPSA) is 579 Å². The Kier molecular flexibility index (Phi) is 54.4. The summed E-state index contributed by atoms with van der Waals surface area (Å²) in [6.07, 6.45) is -2.23. The summed E-state index contributed by atoms with van der Waals surface area (Å²) in [6, 6.07) is 13.3. The number of nitrogens with zero attached hydrogens (tertiary/aromatic N) is 2. The number of hydrogen-bond acceptors (Lipinski definition) is 34. The van der Waals surface area contributed by atoms with Gasteiger partial charge in [-0.3, -0.25) is 44.2 Å². The van der Waals surface area contributed by atoms with Gasteiger partial charge in [0.25, 0.3) is 0 Å². The monoisotopic (exact) mass is 1910 g/mol. The van der Waals surface area contributed by atoms with E-state index in [2.05, 4.69) is 77.1 Å². The third-order valence-corrected chi connectivity index (χ3v) is 23.9. The van der Waals surface area contributed by atoms with Crippen LogP contribution in [0.5, 0.6) is 0 Å². The molecule has 2 aromatic carbocycles. The van der Waals surface area contributed by atoms with E-state index in [-0.39, 0.29) is 157 Å². The molecular formula is C90H151N12O30P. The first-order chi connectivity index (χ1) is 64.4. The molecule has 20 N–H and O–H groups in total. The van der Waals surface area contributed by atoms with Gasteiger partial charge < -0.3 is 165 Å². The number of nitrogens with two attached hydrogens (primary N) is 1. The first-order valence-electron chi connectivity index (χ1n) is 47.0. The van der Waals surface area contributed by atoms with Crippen LogP contribution in [-0.2, 0) is 106 Å². The fourth-order valence-electron chi connectivity index (χ4n) is 16.2. The fourth-order valence-corrected chi connectivity index (χ4v) is 16.5. The molecular weight excluding hydrogens is 1760 g/mol. The molecule has 7 rings (SSSR count). The predicted octanol–water partition coefficient (Wildman–Crippen LogP) is -0.735. The molecule has 43 heteroatoms. The molecule has 16 atom stereocenters. The van der Waals surface area contributed by atoms with Gasteiger partial charge in [-0.25, -0.2) is 0 Å². The SMILES string of the molecule is COPOCCCCCCCN1Cc2ccccc2/C(NCCOCCOCC(=O)N2CCC(C(=O)NC(COCCC(=O)NCCCCCCOC3OC(CO)C(O)C(O)C3NC(C)=O)(COCCC(=O)NCCCCCCOC3OC(CO)C(O)C(O)C3NC(C)=O)COCCC(=O)NCCCCCCOC3OC(CO)C(O)C(O)C3NC(C)=O)CC2)=C(/NN)c2ccccc21. The quantitative estimate of drug-likeness (QED) is 0.0168. The summed E-state index contributed by atoms with van der Waals surface area (Å²) in [5.41, 5.74) is 7.33. The van der Waals surface area contributed by atoms with E-state index < -0.39 is 147 Å². The van der Waals surface area contributed by atoms with Gasteiger partial charge in [-0.2, -0.15) is 0 Å². The summed E-state index contributed by atoms with van der Waals surface area (Å²) >= 11 is 0. The number of anilines is 1. The zero-order valence-electron chi connectivity index (χ0n) is 77.7. The Hall–Kier alpha value is -7.15. The molecule has 16 unspecified atom stereocenters. The number of fused-ring (bicyclic) bond motifs is 2. The van der Waals surface area contributed by atoms with Crippen LogP contribution in [0.3, 0.4) is 0 Å². The van der Waals surface area contributed by atoms with E-state index in [4.69, 9.17) is 67.0 Å². The van der Waals surface area contributed by atoms with Crippen molar-refractivity contribution in [2.75, 3.05) is 170 Å². The minimum absolute atomic E-state index is 0.0736. The van der Waals surface area contributed by atoms with Gasteiger partial charge in [-0.05, 0) is 75.8 Å². The van der Waals surface area contributed by atoms with Gasteiger partial charge in [-0.15, -0.1) is 0 Å². The van der Waals surface area contributed by atoms with Crippen molar-refractivity contribution in [2.45, 2.75) is 266 Å². The van der Waals surface area contributed by atoms with Gasteiger partial charge in [0.05, 0.1) is 97.3 Å². The van der Waals surface area contributed by atoms with Gasteiger partial charge in [0.1, 0.15) is 85.2 Å². The van der Waals surface area contributed by atoms with Crippen molar-refractivity contribution in [2.24, 2.45) is 11.8 Å². The Balaban J connectivity index is 0.922. The number of carbonyl (C=O) groups excluding carboxylic acids is 8. The number of benzene rings is 2. The second-order valence-electron chi connectivity index (χ2n) is 34.0. The fraction of sp³-hybridized carbons (Fsp3) is 0.756. The minimum atomic E-state index is -1.48. The van der Waals surface area contributed by atoms with E-state index in [1.165, 1.54) is 20.8 Å². The normalized spacial score (nSPS) is 24.3. The molecule has 133 heavy (non-hydrogen) atoms. The number of carbonyl (C=O) groups is 8. The van der Waals surface area contributed by atoms with E-state index in [1.807, 2.05) is 24.3 Å². The maximum atomic E-state index is 14.8. The number of para-hydroxylation sites is 1. The summed E-state index contributed by atoms with van der Waals surface area (Å²) < 4.78 is 75.6. The van der Waals surface area contributed by atoms with E-state index in [1.54, 1.807) is 12.0 Å². The van der Waals surface area contributed by atoms with Crippen molar-refractivity contribution in [1.82, 2.24) is 52.9 Å². The number of aliphatic hydroxyl groups excluding tert-OH is 9. The average Bonchev–Trinajstić information content (AvgIpc) is 0.774. The van der Waals surface area contributed by atoms with Gasteiger partial charge in [-0.1, -0.05) is 100 Å². The molecule has 4 saturated heterocycles. The lowest BCUT2D eigenvalue weighted by Gasteiger charge is -2.42. The van der Waals surface area contributed by atoms with Crippen molar-refractivity contribution >= 4 is 73.4 Å². The largest absolute Gasteiger partial charge is 0.394 e. The van der Waals surface area contributed by atoms with Crippen molar-refractivity contribution in [3.8, 4) is 0 Å². The lowest BCUT2D eigenvalue weighted by Crippen LogP contribution is -2.64. The van der Waals surface area contributed by atoms with E-state index >= 15 is 0 Å². The summed E-state index contributed by atoms with van der Waals surface area (Å²) in [5.74, 6) is 2.73. The van der Waals surface area contributed by atoms with Gasteiger partial charge in [0.15, 0.2) is 27.9 Å². The molecule has 0 spiro atoms. The zero-order valence-corrected chi connectivity index (χ0v) is 78.7. The molecule has 0 aromatic heterocycles. The third kappa shape index (κ3) is 40.1. The number of piperidine rings is 1. The van der Waals surface area contributed by atoms with E-state index in [0.717, 1.165) is 72.4 Å². The first-order valence-corrected chi connectivity index (χ1v) is 47.8. The molecule has 756 valence electrons. The molecule has 5 heterocycles. The summed E-state index contributed by atoms with van der Waals surface area (Å²) in [5, 5.41) is 115. The Labute approximate surface area is 781 Å². The Morgan fingerprint density at radius 2 is 0.880 bits per heavy atom. The number of unbranched alkanes of at least 4 members (excludes halogenated alkanes) is 13. The molecule has 5 aliphatic heterocycles. The molecule has 2 aromatic rings. The lowest BCUT2D eigenvalue weighted by molar-refractivity contribution is -0.270. The molecule has 8 amide bonds. The van der Waals surface area contributed by atoms with Gasteiger partial charge in [0, 0.05) is 142 Å². The molecule has 4 fully saturated rings. The Bertz CT molecular complexity index is 3530. The van der Waals surface area contributed by atoms with Crippen LogP contribution >= 0.6 is 9.03 Å². The van der Waals surface area contributed by atoms with Crippen LogP contribution in [0.1, 0.15) is 179 Å². The zero-order chi connectivity index (χ0) is 96.1. The van der Waals surface area contributed by atoms with Crippen molar-refractivity contribution in [3.05, 3.63) is 65.2 Å². The van der Waals surface area contributed by atoms with Crippen LogP contribution in [0.4, 0.5) is 5.69 Å². The highest BCUT2D eigenvalue weighted by Crippen LogP contribution is 2.37. The number of ether oxygens (including phenoxy) is 11. The molecule has 0 radical (unpaired) electrons. The summed E-state index contributed by atoms with van der Waals surface area (Å²) in [7, 11) is 1.71. The number of likely N-dealkylation sites (tertiary alicyclic amines) is 1. The second-order valence-corrected chi connectivity index (χ2v) is 34.9. The van der Waals surface area contributed by atoms with Crippen LogP contribution in [-0.4, -0.2) is 361 Å². The number of hydrogen-bond donors (Lipinski definition) is 19. The van der Waals surface area contributed by atoms with E-state index in [9.17, 15) is 84.3 Å². The van der Waals surface area contributed by atoms with Crippen LogP contribution in [0.25, 0.3) is 11.4 Å². The number of hydrazine groups is 1. The molecule has 0 aliphatic carbocycles. The van der Waals surface area contributed by atoms with Crippen LogP contribution < -0.4 is 58.7 Å². The van der Waals surface area contributed by atoms with Crippen molar-refractivity contribution in [3.63, 3.8) is 0 Å². The van der Waals surface area contributed by atoms with Crippen LogP contribution in [0.2, 0.25) is 0 Å². The highest BCUT2D eigenvalue weighted by atomic mass is 31.1. The number of aliphatic hydroxyl groups is 9. The Morgan fingerprint density at radius 3 is 1.32 bits per heavy atom. The standard InChI is InChI=1S/C90H151N12O30P/c1-60(106)96-77-83(116)80(113)68(53-103)130-87(77)126-42-22-11-6-18-35-92-71(109)32-46-123-57-90(58-124-47-33-72(110)93-36-19-7-12-23-43-127-88-78(97-61(2)107)84(117)81(114)69(54-104)131-88,59-125-48-34-73(111)94-37-20-8-13-24-44-128-89-79(98-62(3)108)85(118)82(115)70(55-105)132-89)99-86(119)63-30-40-101(41-31-63)74(112)56-122-51-50-121-49-38-95-75-65-27-15-14-26-64(65)52-102(39-21-9-5-10-25-45-129-133-120-4)67-29-17-16-28-66(67)76(75)100-91/h14-17,26-29,63,68-70,77-85,87-89,95,100,103-105,113-118,133H,5-13,18-25,30-59,91H2,1-4H3,(H,92,109)(H,93,110)(H,94,111)(H,96,106)(H,97,107)(H,98,108)(H,99,119)/b76-75-. The third-order valence-electron chi connectivity index (χ3n) is 23.5. The van der Waals surface area contributed by atoms with E-state index in [0.29, 0.717) is 123 Å². The average molecular weight is 1910 g/mol. The second kappa shape index (κ2) is 64.1. The minimum Gasteiger partial charge on any atom is -0.394 e. The lowest BCUT2D eigenvalue weighted by atomic mass is 9.93. The Morgan fingerprint density at radius 1 is 0.466 bits per heavy atom. The highest BCUT2D eigenvalue weighted by molar-refractivity contribution is 7.26. The number of rotatable bonds is 67. The van der Waals surface area contributed by atoms with Crippen LogP contribution in [0, 0.1) is 5.92 Å². The first kappa shape index (κ1) is 113. The smallest absolute Gasteiger partial charge is 0.248 e. The number of amides is 8. The van der Waals surface area contributed by atoms with Crippen LogP contribution in [0.15, 0.2) is 48.5 Å². The summed E-state index contributed by atoms with van der Waals surface area (Å²) in [6.45, 7) is 6.02. The maximum Gasteiger partial charge on any atom is 0.248 e. The predicted molar refractivity (Wildman–Crippen MR) is 487 cm³/mol. The van der Waals surface area contributed by atoms with Crippen molar-refractivity contribution < 1.29 is 145 Å². The molecule has 42 nitrogen and oxygen atoms in total. The molecule has 0 bridgehead atoms. The molecule has 5 aliphatic rings. The van der Waals surface area contributed by atoms with Gasteiger partial charge >= 0.3 is 0 Å².